The lowest BCUT2D eigenvalue weighted by atomic mass is 10.1. The van der Waals surface area contributed by atoms with Crippen LogP contribution in [0.1, 0.15) is 37.8 Å². The van der Waals surface area contributed by atoms with E-state index in [0.717, 1.165) is 16.0 Å². The van der Waals surface area contributed by atoms with Crippen molar-refractivity contribution in [2.75, 3.05) is 4.90 Å². The molecule has 21 heavy (non-hydrogen) atoms. The van der Waals surface area contributed by atoms with Crippen molar-refractivity contribution in [3.63, 3.8) is 0 Å². The first-order valence-electron chi connectivity index (χ1n) is 6.64. The molecule has 1 rings (SSSR count). The molecule has 0 atom stereocenters. The van der Waals surface area contributed by atoms with E-state index < -0.39 is 11.8 Å². The lowest BCUT2D eigenvalue weighted by molar-refractivity contribution is -0.130. The summed E-state index contributed by atoms with van der Waals surface area (Å²) in [7, 11) is 0. The van der Waals surface area contributed by atoms with Gasteiger partial charge in [-0.3, -0.25) is 19.2 Å². The first kappa shape index (κ1) is 16.8. The number of imide groups is 1. The van der Waals surface area contributed by atoms with Crippen LogP contribution in [0.15, 0.2) is 18.2 Å². The van der Waals surface area contributed by atoms with Crippen molar-refractivity contribution >= 4 is 29.1 Å². The highest BCUT2D eigenvalue weighted by molar-refractivity contribution is 6.22. The van der Waals surface area contributed by atoms with Crippen LogP contribution < -0.4 is 4.90 Å². The number of nitrogens with zero attached hydrogens (tertiary/aromatic N) is 1. The van der Waals surface area contributed by atoms with E-state index in [-0.39, 0.29) is 24.4 Å². The zero-order valence-corrected chi connectivity index (χ0v) is 12.7. The van der Waals surface area contributed by atoms with Crippen molar-refractivity contribution in [1.82, 2.24) is 0 Å². The van der Waals surface area contributed by atoms with Gasteiger partial charge in [-0.05, 0) is 44.9 Å². The summed E-state index contributed by atoms with van der Waals surface area (Å²) in [5.74, 6) is -1.87. The number of amides is 2. The minimum absolute atomic E-state index is 0.328. The average molecular weight is 289 g/mol. The van der Waals surface area contributed by atoms with Crippen LogP contribution in [0.5, 0.6) is 0 Å². The molecule has 0 spiro atoms. The number of hydrogen-bond acceptors (Lipinski definition) is 4. The van der Waals surface area contributed by atoms with Crippen LogP contribution in [0, 0.1) is 13.8 Å². The van der Waals surface area contributed by atoms with E-state index in [9.17, 15) is 19.2 Å². The Labute approximate surface area is 123 Å². The zero-order chi connectivity index (χ0) is 16.2. The van der Waals surface area contributed by atoms with E-state index in [4.69, 9.17) is 0 Å². The Morgan fingerprint density at radius 2 is 1.38 bits per heavy atom. The van der Waals surface area contributed by atoms with Gasteiger partial charge in [0.2, 0.25) is 11.8 Å². The predicted molar refractivity (Wildman–Crippen MR) is 79.0 cm³/mol. The summed E-state index contributed by atoms with van der Waals surface area (Å²) in [6.45, 7) is 6.18. The molecule has 5 nitrogen and oxygen atoms in total. The van der Waals surface area contributed by atoms with Crippen LogP contribution in [0.25, 0.3) is 0 Å². The fourth-order valence-corrected chi connectivity index (χ4v) is 1.95. The molecule has 112 valence electrons. The molecule has 1 aromatic rings. The fraction of sp³-hybridized carbons (Fsp3) is 0.375. The molecule has 0 saturated heterocycles. The summed E-state index contributed by atoms with van der Waals surface area (Å²) in [6, 6.07) is 5.35. The predicted octanol–water partition coefficient (Wildman–Crippen LogP) is 2.12. The molecule has 0 aromatic heterocycles. The van der Waals surface area contributed by atoms with E-state index in [2.05, 4.69) is 0 Å². The Kier molecular flexibility index (Phi) is 5.52. The van der Waals surface area contributed by atoms with Crippen molar-refractivity contribution in [3.8, 4) is 0 Å². The van der Waals surface area contributed by atoms with Crippen LogP contribution in [0.2, 0.25) is 0 Å². The van der Waals surface area contributed by atoms with Crippen molar-refractivity contribution in [3.05, 3.63) is 29.3 Å². The van der Waals surface area contributed by atoms with Gasteiger partial charge in [0.05, 0.1) is 18.5 Å². The largest absolute Gasteiger partial charge is 0.299 e. The maximum absolute atomic E-state index is 12.2. The third kappa shape index (κ3) is 4.63. The maximum atomic E-state index is 12.2. The third-order valence-electron chi connectivity index (χ3n) is 2.90. The van der Waals surface area contributed by atoms with E-state index >= 15 is 0 Å². The minimum atomic E-state index is -0.609. The van der Waals surface area contributed by atoms with Crippen LogP contribution in [0.4, 0.5) is 5.69 Å². The van der Waals surface area contributed by atoms with E-state index in [1.165, 1.54) is 13.8 Å². The normalized spacial score (nSPS) is 10.1. The van der Waals surface area contributed by atoms with Crippen molar-refractivity contribution in [2.24, 2.45) is 0 Å². The Balaban J connectivity index is 3.26. The average Bonchev–Trinajstić information content (AvgIpc) is 2.31. The van der Waals surface area contributed by atoms with Gasteiger partial charge in [-0.1, -0.05) is 12.1 Å². The number of hydrogen-bond donors (Lipinski definition) is 0. The lowest BCUT2D eigenvalue weighted by Crippen LogP contribution is -2.39. The van der Waals surface area contributed by atoms with Gasteiger partial charge in [-0.25, -0.2) is 4.90 Å². The number of carbonyl (C=O) groups excluding carboxylic acids is 4. The van der Waals surface area contributed by atoms with Gasteiger partial charge < -0.3 is 0 Å². The summed E-state index contributed by atoms with van der Waals surface area (Å²) in [5, 5.41) is 0. The molecule has 1 aromatic carbocycles. The van der Waals surface area contributed by atoms with Gasteiger partial charge in [-0.15, -0.1) is 0 Å². The SMILES string of the molecule is CC(=O)CC(=O)N(C(=O)CC(C)=O)c1cc(C)ccc1C. The number of ketones is 2. The zero-order valence-electron chi connectivity index (χ0n) is 12.7. The first-order chi connectivity index (χ1) is 9.72. The molecule has 5 heteroatoms. The monoisotopic (exact) mass is 289 g/mol. The van der Waals surface area contributed by atoms with E-state index in [0.29, 0.717) is 5.69 Å². The molecule has 0 aliphatic rings. The third-order valence-corrected chi connectivity index (χ3v) is 2.90. The van der Waals surface area contributed by atoms with Gasteiger partial charge in [0.25, 0.3) is 0 Å². The second-order valence-corrected chi connectivity index (χ2v) is 5.17. The number of rotatable bonds is 5. The molecule has 0 N–H and O–H groups in total. The van der Waals surface area contributed by atoms with Gasteiger partial charge in [0, 0.05) is 0 Å². The van der Waals surface area contributed by atoms with Crippen molar-refractivity contribution < 1.29 is 19.2 Å². The summed E-state index contributed by atoms with van der Waals surface area (Å²) in [6.07, 6.45) is -0.728. The van der Waals surface area contributed by atoms with Crippen molar-refractivity contribution in [2.45, 2.75) is 40.5 Å². The fourth-order valence-electron chi connectivity index (χ4n) is 1.95. The molecule has 0 aliphatic carbocycles. The van der Waals surface area contributed by atoms with Crippen LogP contribution in [-0.2, 0) is 19.2 Å². The smallest absolute Gasteiger partial charge is 0.241 e. The number of Topliss-reactive ketones (excluding diaryl/α,β-unsaturated/α-hetero) is 2. The van der Waals surface area contributed by atoms with Crippen LogP contribution in [-0.4, -0.2) is 23.4 Å². The molecular weight excluding hydrogens is 270 g/mol. The molecule has 0 fully saturated rings. The topological polar surface area (TPSA) is 71.5 Å². The minimum Gasteiger partial charge on any atom is -0.299 e. The molecule has 0 heterocycles. The number of aryl methyl sites for hydroxylation is 2. The highest BCUT2D eigenvalue weighted by atomic mass is 16.2. The van der Waals surface area contributed by atoms with Crippen LogP contribution >= 0.6 is 0 Å². The molecule has 0 bridgehead atoms. The Bertz CT molecular complexity index is 576. The summed E-state index contributed by atoms with van der Waals surface area (Å²) < 4.78 is 0. The molecule has 0 aliphatic heterocycles. The van der Waals surface area contributed by atoms with Gasteiger partial charge in [0.1, 0.15) is 11.6 Å². The maximum Gasteiger partial charge on any atom is 0.241 e. The molecule has 0 unspecified atom stereocenters. The highest BCUT2D eigenvalue weighted by Gasteiger charge is 2.26. The molecule has 0 saturated carbocycles. The van der Waals surface area contributed by atoms with Gasteiger partial charge in [0.15, 0.2) is 0 Å². The number of anilines is 1. The summed E-state index contributed by atoms with van der Waals surface area (Å²) >= 11 is 0. The van der Waals surface area contributed by atoms with Gasteiger partial charge >= 0.3 is 0 Å². The number of benzene rings is 1. The van der Waals surface area contributed by atoms with Crippen molar-refractivity contribution in [1.29, 1.82) is 0 Å². The highest BCUT2D eigenvalue weighted by Crippen LogP contribution is 2.23. The molecule has 2 amide bonds. The standard InChI is InChI=1S/C16H19NO4/c1-10-5-6-11(2)14(7-10)17(15(20)8-12(3)18)16(21)9-13(4)19/h5-7H,8-9H2,1-4H3. The summed E-state index contributed by atoms with van der Waals surface area (Å²) in [4.78, 5) is 47.7. The van der Waals surface area contributed by atoms with E-state index in [1.807, 2.05) is 13.0 Å². The van der Waals surface area contributed by atoms with Gasteiger partial charge in [-0.2, -0.15) is 0 Å². The number of carbonyl (C=O) groups is 4. The summed E-state index contributed by atoms with van der Waals surface area (Å²) in [5.41, 5.74) is 2.04. The molecule has 0 radical (unpaired) electrons. The quantitative estimate of drug-likeness (QED) is 0.778. The second kappa shape index (κ2) is 6.92. The Morgan fingerprint density at radius 3 is 1.81 bits per heavy atom. The second-order valence-electron chi connectivity index (χ2n) is 5.17. The van der Waals surface area contributed by atoms with Crippen LogP contribution in [0.3, 0.4) is 0 Å². The first-order valence-corrected chi connectivity index (χ1v) is 6.64. The van der Waals surface area contributed by atoms with E-state index in [1.54, 1.807) is 19.1 Å². The lowest BCUT2D eigenvalue weighted by Gasteiger charge is -2.22. The Hall–Kier alpha value is -2.30. The Morgan fingerprint density at radius 1 is 0.905 bits per heavy atom. The molecular formula is C16H19NO4.